The van der Waals surface area contributed by atoms with E-state index in [-0.39, 0.29) is 0 Å². The van der Waals surface area contributed by atoms with E-state index in [1.165, 1.54) is 0 Å². The van der Waals surface area contributed by atoms with Crippen LogP contribution in [0.1, 0.15) is 26.7 Å². The first-order valence-electron chi connectivity index (χ1n) is 3.39. The fraction of sp³-hybridized carbons (Fsp3) is 0.857. The third-order valence-corrected chi connectivity index (χ3v) is 1.83. The molecule has 0 saturated heterocycles. The van der Waals surface area contributed by atoms with Crippen molar-refractivity contribution in [2.75, 3.05) is 7.11 Å². The Morgan fingerprint density at radius 3 is 2.10 bits per heavy atom. The number of methoxy groups -OCH3 is 1. The third kappa shape index (κ3) is 2.18. The van der Waals surface area contributed by atoms with Crippen molar-refractivity contribution in [3.8, 4) is 0 Å². The fourth-order valence-electron chi connectivity index (χ4n) is 0.826. The zero-order valence-electron chi connectivity index (χ0n) is 6.68. The summed E-state index contributed by atoms with van der Waals surface area (Å²) >= 11 is 4.50. The van der Waals surface area contributed by atoms with E-state index in [0.717, 1.165) is 12.8 Å². The number of rotatable bonds is 4. The molecule has 3 heteroatoms. The van der Waals surface area contributed by atoms with Crippen LogP contribution in [0.2, 0.25) is 0 Å². The van der Waals surface area contributed by atoms with Gasteiger partial charge >= 0.3 is 0 Å². The zero-order valence-corrected chi connectivity index (χ0v) is 7.49. The van der Waals surface area contributed by atoms with E-state index in [9.17, 15) is 0 Å². The minimum atomic E-state index is -0.415. The summed E-state index contributed by atoms with van der Waals surface area (Å²) in [5.74, 6) is 0. The molecule has 0 atom stereocenters. The van der Waals surface area contributed by atoms with Crippen molar-refractivity contribution >= 4 is 17.4 Å². The van der Waals surface area contributed by atoms with Gasteiger partial charge in [-0.1, -0.05) is 13.8 Å². The molecule has 0 fully saturated rings. The highest BCUT2D eigenvalue weighted by atomic mass is 32.1. The maximum atomic E-state index is 5.18. The Bertz CT molecular complexity index is 128. The number of hydrogen-bond acceptors (Lipinski definition) is 3. The predicted octanol–water partition coefficient (Wildman–Crippen LogP) is 2.25. The molecule has 0 saturated carbocycles. The minimum absolute atomic E-state index is 0.415. The van der Waals surface area contributed by atoms with Crippen molar-refractivity contribution in [2.45, 2.75) is 32.4 Å². The Labute approximate surface area is 67.3 Å². The number of aliphatic imine (C=N–C) groups is 1. The second kappa shape index (κ2) is 4.56. The van der Waals surface area contributed by atoms with Crippen LogP contribution in [-0.2, 0) is 4.74 Å². The van der Waals surface area contributed by atoms with Gasteiger partial charge in [0, 0.05) is 7.11 Å². The van der Waals surface area contributed by atoms with Crippen LogP contribution in [0.5, 0.6) is 0 Å². The van der Waals surface area contributed by atoms with Gasteiger partial charge in [-0.25, -0.2) is 0 Å². The lowest BCUT2D eigenvalue weighted by molar-refractivity contribution is -0.00804. The molecule has 0 aliphatic heterocycles. The van der Waals surface area contributed by atoms with E-state index in [2.05, 4.69) is 22.4 Å². The van der Waals surface area contributed by atoms with Gasteiger partial charge in [0.05, 0.1) is 5.16 Å². The van der Waals surface area contributed by atoms with Gasteiger partial charge in [-0.05, 0) is 25.1 Å². The van der Waals surface area contributed by atoms with E-state index in [1.54, 1.807) is 7.11 Å². The van der Waals surface area contributed by atoms with E-state index in [0.29, 0.717) is 0 Å². The van der Waals surface area contributed by atoms with Gasteiger partial charge in [0.2, 0.25) is 0 Å². The van der Waals surface area contributed by atoms with E-state index in [1.807, 2.05) is 13.8 Å². The average Bonchev–Trinajstić information content (AvgIpc) is 2.01. The molecule has 58 valence electrons. The van der Waals surface area contributed by atoms with Gasteiger partial charge < -0.3 is 4.74 Å². The highest BCUT2D eigenvalue weighted by Crippen LogP contribution is 2.19. The standard InChI is InChI=1S/C7H13NOS/c1-4-7(5-2,9-3)8-6-10/h4-5H2,1-3H3. The molecule has 10 heavy (non-hydrogen) atoms. The molecule has 2 nitrogen and oxygen atoms in total. The Morgan fingerprint density at radius 2 is 2.00 bits per heavy atom. The second-order valence-electron chi connectivity index (χ2n) is 2.06. The van der Waals surface area contributed by atoms with E-state index < -0.39 is 5.72 Å². The molecule has 0 amide bonds. The quantitative estimate of drug-likeness (QED) is 0.463. The van der Waals surface area contributed by atoms with Crippen molar-refractivity contribution in [1.29, 1.82) is 0 Å². The SMILES string of the molecule is CCC(CC)(N=C=S)OC. The van der Waals surface area contributed by atoms with Crippen LogP contribution in [0.25, 0.3) is 0 Å². The Hall–Kier alpha value is -0.240. The summed E-state index contributed by atoms with van der Waals surface area (Å²) in [5.41, 5.74) is -0.415. The van der Waals surface area contributed by atoms with Crippen molar-refractivity contribution in [3.63, 3.8) is 0 Å². The summed E-state index contributed by atoms with van der Waals surface area (Å²) < 4.78 is 5.18. The number of thiocarbonyl (C=S) groups is 1. The molecule has 0 bridgehead atoms. The molecule has 0 heterocycles. The maximum Gasteiger partial charge on any atom is 0.167 e. The summed E-state index contributed by atoms with van der Waals surface area (Å²) in [6.45, 7) is 4.03. The number of hydrogen-bond donors (Lipinski definition) is 0. The molecule has 0 N–H and O–H groups in total. The molecular formula is C7H13NOS. The number of isothiocyanates is 1. The lowest BCUT2D eigenvalue weighted by Gasteiger charge is -2.23. The first-order chi connectivity index (χ1) is 4.74. The smallest absolute Gasteiger partial charge is 0.167 e. The van der Waals surface area contributed by atoms with Crippen LogP contribution in [0, 0.1) is 0 Å². The lowest BCUT2D eigenvalue weighted by Crippen LogP contribution is -2.26. The molecule has 0 unspecified atom stereocenters. The number of nitrogens with zero attached hydrogens (tertiary/aromatic N) is 1. The lowest BCUT2D eigenvalue weighted by atomic mass is 10.1. The Kier molecular flexibility index (Phi) is 4.45. The average molecular weight is 159 g/mol. The maximum absolute atomic E-state index is 5.18. The van der Waals surface area contributed by atoms with Crippen LogP contribution in [0.15, 0.2) is 4.99 Å². The van der Waals surface area contributed by atoms with Crippen LogP contribution in [-0.4, -0.2) is 18.0 Å². The first kappa shape index (κ1) is 9.76. The van der Waals surface area contributed by atoms with Crippen LogP contribution in [0.4, 0.5) is 0 Å². The van der Waals surface area contributed by atoms with Gasteiger partial charge in [0.15, 0.2) is 5.72 Å². The van der Waals surface area contributed by atoms with Crippen LogP contribution in [0.3, 0.4) is 0 Å². The van der Waals surface area contributed by atoms with Gasteiger partial charge in [0.25, 0.3) is 0 Å². The summed E-state index contributed by atoms with van der Waals surface area (Å²) in [5, 5.41) is 2.34. The summed E-state index contributed by atoms with van der Waals surface area (Å²) in [6, 6.07) is 0. The highest BCUT2D eigenvalue weighted by Gasteiger charge is 2.22. The highest BCUT2D eigenvalue weighted by molar-refractivity contribution is 7.78. The van der Waals surface area contributed by atoms with Gasteiger partial charge in [-0.2, -0.15) is 4.99 Å². The van der Waals surface area contributed by atoms with Crippen LogP contribution < -0.4 is 0 Å². The molecule has 0 aromatic carbocycles. The fourth-order valence-corrected chi connectivity index (χ4v) is 0.992. The summed E-state index contributed by atoms with van der Waals surface area (Å²) in [6.07, 6.45) is 1.67. The predicted molar refractivity (Wildman–Crippen MR) is 45.3 cm³/mol. The Balaban J connectivity index is 4.29. The normalized spacial score (nSPS) is 10.7. The van der Waals surface area contributed by atoms with Gasteiger partial charge in [-0.3, -0.25) is 0 Å². The molecule has 0 rings (SSSR count). The summed E-state index contributed by atoms with van der Waals surface area (Å²) in [7, 11) is 1.64. The Morgan fingerprint density at radius 1 is 1.50 bits per heavy atom. The second-order valence-corrected chi connectivity index (χ2v) is 2.24. The van der Waals surface area contributed by atoms with Gasteiger partial charge in [-0.15, -0.1) is 0 Å². The zero-order chi connectivity index (χ0) is 8.04. The van der Waals surface area contributed by atoms with Crippen LogP contribution >= 0.6 is 12.2 Å². The molecule has 0 radical (unpaired) electrons. The molecule has 0 aliphatic rings. The monoisotopic (exact) mass is 159 g/mol. The van der Waals surface area contributed by atoms with Gasteiger partial charge in [0.1, 0.15) is 0 Å². The topological polar surface area (TPSA) is 21.6 Å². The first-order valence-corrected chi connectivity index (χ1v) is 3.79. The molecule has 0 spiro atoms. The minimum Gasteiger partial charge on any atom is -0.356 e. The third-order valence-electron chi connectivity index (χ3n) is 1.73. The van der Waals surface area contributed by atoms with Crippen molar-refractivity contribution in [1.82, 2.24) is 0 Å². The van der Waals surface area contributed by atoms with E-state index >= 15 is 0 Å². The van der Waals surface area contributed by atoms with E-state index in [4.69, 9.17) is 4.74 Å². The van der Waals surface area contributed by atoms with Crippen molar-refractivity contribution < 1.29 is 4.74 Å². The number of ether oxygens (including phenoxy) is 1. The van der Waals surface area contributed by atoms with Crippen molar-refractivity contribution in [3.05, 3.63) is 0 Å². The molecule has 0 aromatic rings. The largest absolute Gasteiger partial charge is 0.356 e. The van der Waals surface area contributed by atoms with Crippen molar-refractivity contribution in [2.24, 2.45) is 4.99 Å². The molecule has 0 aliphatic carbocycles. The summed E-state index contributed by atoms with van der Waals surface area (Å²) in [4.78, 5) is 3.95. The molecular weight excluding hydrogens is 146 g/mol. The molecule has 0 aromatic heterocycles.